The van der Waals surface area contributed by atoms with Gasteiger partial charge in [-0.25, -0.2) is 0 Å². The van der Waals surface area contributed by atoms with E-state index < -0.39 is 0 Å². The van der Waals surface area contributed by atoms with Crippen molar-refractivity contribution in [3.05, 3.63) is 23.8 Å². The number of aliphatic hydroxyl groups is 1. The van der Waals surface area contributed by atoms with Crippen molar-refractivity contribution in [3.8, 4) is 0 Å². The van der Waals surface area contributed by atoms with Gasteiger partial charge in [0.2, 0.25) is 0 Å². The molecule has 0 radical (unpaired) electrons. The summed E-state index contributed by atoms with van der Waals surface area (Å²) in [6.45, 7) is 0.879. The summed E-state index contributed by atoms with van der Waals surface area (Å²) in [7, 11) is 3.44. The third-order valence-electron chi connectivity index (χ3n) is 3.65. The number of rotatable bonds is 5. The number of carbonyl (C=O) groups is 1. The second-order valence-electron chi connectivity index (χ2n) is 5.51. The molecule has 0 saturated heterocycles. The molecule has 0 unspecified atom stereocenters. The summed E-state index contributed by atoms with van der Waals surface area (Å²) >= 11 is 0. The van der Waals surface area contributed by atoms with Gasteiger partial charge in [-0.1, -0.05) is 0 Å². The van der Waals surface area contributed by atoms with Crippen LogP contribution in [0.15, 0.2) is 18.2 Å². The molecule has 0 heterocycles. The molecule has 1 fully saturated rings. The minimum atomic E-state index is -0.0497. The number of aliphatic hydroxyl groups excluding tert-OH is 1. The normalized spacial score (nSPS) is 15.9. The summed E-state index contributed by atoms with van der Waals surface area (Å²) in [6, 6.07) is 5.23. The van der Waals surface area contributed by atoms with Crippen molar-refractivity contribution in [3.63, 3.8) is 0 Å². The Bertz CT molecular complexity index is 482. The monoisotopic (exact) mass is 263 g/mol. The van der Waals surface area contributed by atoms with Gasteiger partial charge in [0.15, 0.2) is 0 Å². The van der Waals surface area contributed by atoms with Crippen molar-refractivity contribution in [2.24, 2.45) is 5.41 Å². The van der Waals surface area contributed by atoms with Crippen molar-refractivity contribution in [1.29, 1.82) is 0 Å². The Balaban J connectivity index is 2.11. The van der Waals surface area contributed by atoms with Crippen LogP contribution in [0.1, 0.15) is 23.2 Å². The van der Waals surface area contributed by atoms with E-state index >= 15 is 0 Å². The SMILES string of the molecule is CN(C)C(=O)c1ccc(N)c(NCC2(CO)CC2)c1. The predicted molar refractivity (Wildman–Crippen MR) is 76.1 cm³/mol. The van der Waals surface area contributed by atoms with Gasteiger partial charge in [0.1, 0.15) is 0 Å². The molecule has 1 saturated carbocycles. The van der Waals surface area contributed by atoms with Crippen LogP contribution in [0.25, 0.3) is 0 Å². The number of hydrogen-bond donors (Lipinski definition) is 3. The molecule has 1 aromatic rings. The number of carbonyl (C=O) groups excluding carboxylic acids is 1. The van der Waals surface area contributed by atoms with Crippen molar-refractivity contribution >= 4 is 17.3 Å². The van der Waals surface area contributed by atoms with Gasteiger partial charge in [-0.15, -0.1) is 0 Å². The second kappa shape index (κ2) is 5.09. The Morgan fingerprint density at radius 3 is 2.68 bits per heavy atom. The molecule has 5 nitrogen and oxygen atoms in total. The average molecular weight is 263 g/mol. The van der Waals surface area contributed by atoms with Gasteiger partial charge in [0.05, 0.1) is 18.0 Å². The highest BCUT2D eigenvalue weighted by molar-refractivity contribution is 5.95. The van der Waals surface area contributed by atoms with E-state index in [0.29, 0.717) is 17.8 Å². The zero-order valence-electron chi connectivity index (χ0n) is 11.4. The molecule has 1 aliphatic rings. The third-order valence-corrected chi connectivity index (χ3v) is 3.65. The Morgan fingerprint density at radius 1 is 1.47 bits per heavy atom. The van der Waals surface area contributed by atoms with E-state index in [2.05, 4.69) is 5.32 Å². The minimum absolute atomic E-state index is 0.00794. The van der Waals surface area contributed by atoms with Crippen molar-refractivity contribution < 1.29 is 9.90 Å². The molecule has 19 heavy (non-hydrogen) atoms. The van der Waals surface area contributed by atoms with Crippen LogP contribution in [0.2, 0.25) is 0 Å². The van der Waals surface area contributed by atoms with Crippen LogP contribution in [0.3, 0.4) is 0 Å². The predicted octanol–water partition coefficient (Wildman–Crippen LogP) is 1.15. The Kier molecular flexibility index (Phi) is 3.66. The molecule has 1 aliphatic carbocycles. The van der Waals surface area contributed by atoms with Crippen LogP contribution in [-0.2, 0) is 0 Å². The number of nitrogens with zero attached hydrogens (tertiary/aromatic N) is 1. The molecule has 0 bridgehead atoms. The maximum atomic E-state index is 11.9. The zero-order valence-corrected chi connectivity index (χ0v) is 11.4. The lowest BCUT2D eigenvalue weighted by Gasteiger charge is -2.17. The van der Waals surface area contributed by atoms with Crippen LogP contribution in [-0.4, -0.2) is 43.2 Å². The first-order valence-corrected chi connectivity index (χ1v) is 6.43. The van der Waals surface area contributed by atoms with E-state index in [1.165, 1.54) is 4.90 Å². The van der Waals surface area contributed by atoms with Gasteiger partial charge in [0.25, 0.3) is 5.91 Å². The molecular formula is C14H21N3O2. The topological polar surface area (TPSA) is 78.6 Å². The van der Waals surface area contributed by atoms with E-state index in [4.69, 9.17) is 5.73 Å². The quantitative estimate of drug-likeness (QED) is 0.696. The Labute approximate surface area is 113 Å². The molecule has 1 aromatic carbocycles. The van der Waals surface area contributed by atoms with E-state index in [1.807, 2.05) is 0 Å². The molecule has 0 atom stereocenters. The first-order valence-electron chi connectivity index (χ1n) is 6.43. The highest BCUT2D eigenvalue weighted by Crippen LogP contribution is 2.45. The van der Waals surface area contributed by atoms with E-state index in [1.54, 1.807) is 32.3 Å². The van der Waals surface area contributed by atoms with Crippen LogP contribution >= 0.6 is 0 Å². The summed E-state index contributed by atoms with van der Waals surface area (Å²) in [5.41, 5.74) is 7.89. The summed E-state index contributed by atoms with van der Waals surface area (Å²) in [5, 5.41) is 12.5. The minimum Gasteiger partial charge on any atom is -0.397 e. The number of nitrogens with two attached hydrogens (primary N) is 1. The Hall–Kier alpha value is -1.75. The Morgan fingerprint density at radius 2 is 2.16 bits per heavy atom. The number of nitrogens with one attached hydrogen (secondary N) is 1. The molecule has 2 rings (SSSR count). The molecule has 0 aromatic heterocycles. The second-order valence-corrected chi connectivity index (χ2v) is 5.51. The lowest BCUT2D eigenvalue weighted by molar-refractivity contribution is 0.0827. The fraction of sp³-hybridized carbons (Fsp3) is 0.500. The fourth-order valence-electron chi connectivity index (χ4n) is 1.95. The van der Waals surface area contributed by atoms with Crippen molar-refractivity contribution in [2.45, 2.75) is 12.8 Å². The van der Waals surface area contributed by atoms with Crippen LogP contribution in [0.5, 0.6) is 0 Å². The number of amides is 1. The van der Waals surface area contributed by atoms with Gasteiger partial charge in [-0.3, -0.25) is 4.79 Å². The van der Waals surface area contributed by atoms with Gasteiger partial charge < -0.3 is 21.1 Å². The number of benzene rings is 1. The summed E-state index contributed by atoms with van der Waals surface area (Å²) in [4.78, 5) is 13.4. The lowest BCUT2D eigenvalue weighted by Crippen LogP contribution is -2.23. The van der Waals surface area contributed by atoms with E-state index in [9.17, 15) is 9.90 Å². The standard InChI is InChI=1S/C14H21N3O2/c1-17(2)13(19)10-3-4-11(15)12(7-10)16-8-14(9-18)5-6-14/h3-4,7,16,18H,5-6,8-9,15H2,1-2H3. The lowest BCUT2D eigenvalue weighted by atomic mass is 10.1. The number of hydrogen-bond acceptors (Lipinski definition) is 4. The maximum absolute atomic E-state index is 11.9. The van der Waals surface area contributed by atoms with Gasteiger partial charge >= 0.3 is 0 Å². The van der Waals surface area contributed by atoms with Crippen LogP contribution in [0, 0.1) is 5.41 Å². The summed E-state index contributed by atoms with van der Waals surface area (Å²) in [5.74, 6) is -0.0497. The molecule has 0 aliphatic heterocycles. The maximum Gasteiger partial charge on any atom is 0.253 e. The first-order chi connectivity index (χ1) is 8.97. The van der Waals surface area contributed by atoms with E-state index in [0.717, 1.165) is 18.5 Å². The highest BCUT2D eigenvalue weighted by Gasteiger charge is 2.41. The summed E-state index contributed by atoms with van der Waals surface area (Å²) < 4.78 is 0. The average Bonchev–Trinajstić information content (AvgIpc) is 3.17. The molecule has 104 valence electrons. The molecule has 1 amide bonds. The summed E-state index contributed by atoms with van der Waals surface area (Å²) in [6.07, 6.45) is 2.07. The van der Waals surface area contributed by atoms with E-state index in [-0.39, 0.29) is 17.9 Å². The van der Waals surface area contributed by atoms with Crippen LogP contribution < -0.4 is 11.1 Å². The van der Waals surface area contributed by atoms with Crippen molar-refractivity contribution in [2.75, 3.05) is 38.3 Å². The van der Waals surface area contributed by atoms with Crippen LogP contribution in [0.4, 0.5) is 11.4 Å². The molecular weight excluding hydrogens is 242 g/mol. The fourth-order valence-corrected chi connectivity index (χ4v) is 1.95. The number of anilines is 2. The molecule has 5 heteroatoms. The van der Waals surface area contributed by atoms with Gasteiger partial charge in [-0.2, -0.15) is 0 Å². The zero-order chi connectivity index (χ0) is 14.0. The third kappa shape index (κ3) is 2.98. The van der Waals surface area contributed by atoms with Crippen molar-refractivity contribution in [1.82, 2.24) is 4.90 Å². The van der Waals surface area contributed by atoms with Gasteiger partial charge in [0, 0.05) is 31.6 Å². The van der Waals surface area contributed by atoms with Gasteiger partial charge in [-0.05, 0) is 31.0 Å². The molecule has 4 N–H and O–H groups in total. The number of nitrogen functional groups attached to an aromatic ring is 1. The largest absolute Gasteiger partial charge is 0.397 e. The molecule has 0 spiro atoms. The first kappa shape index (κ1) is 13.7. The smallest absolute Gasteiger partial charge is 0.253 e. The highest BCUT2D eigenvalue weighted by atomic mass is 16.3.